The fourth-order valence-corrected chi connectivity index (χ4v) is 1.48. The average Bonchev–Trinajstić information content (AvgIpc) is 2.16. The average molecular weight is 184 g/mol. The summed E-state index contributed by atoms with van der Waals surface area (Å²) in [6.07, 6.45) is 3.76. The van der Waals surface area contributed by atoms with Crippen LogP contribution < -0.4 is 0 Å². The number of carbonyl (C=O) groups excluding carboxylic acids is 1. The highest BCUT2D eigenvalue weighted by molar-refractivity contribution is 5.95. The Hall–Kier alpha value is -1.32. The molecule has 0 bridgehead atoms. The van der Waals surface area contributed by atoms with Gasteiger partial charge in [0.25, 0.3) is 0 Å². The van der Waals surface area contributed by atoms with Crippen LogP contribution in [0.15, 0.2) is 11.6 Å². The highest BCUT2D eigenvalue weighted by Crippen LogP contribution is 2.25. The Morgan fingerprint density at radius 1 is 1.62 bits per heavy atom. The minimum absolute atomic E-state index is 0.293. The van der Waals surface area contributed by atoms with E-state index in [1.807, 2.05) is 0 Å². The second-order valence-corrected chi connectivity index (χ2v) is 2.97. The number of methoxy groups -OCH3 is 1. The number of allylic oxidation sites excluding steroid dienone is 1. The molecule has 1 aliphatic carbocycles. The van der Waals surface area contributed by atoms with Gasteiger partial charge in [0.05, 0.1) is 13.0 Å². The first-order chi connectivity index (χ1) is 6.16. The predicted molar refractivity (Wildman–Crippen MR) is 45.1 cm³/mol. The molecule has 1 rings (SSSR count). The van der Waals surface area contributed by atoms with Gasteiger partial charge in [-0.1, -0.05) is 6.08 Å². The smallest absolute Gasteiger partial charge is 0.334 e. The number of aliphatic carboxylic acids is 1. The highest BCUT2D eigenvalue weighted by atomic mass is 16.5. The molecule has 1 unspecified atom stereocenters. The molecule has 13 heavy (non-hydrogen) atoms. The summed E-state index contributed by atoms with van der Waals surface area (Å²) in [4.78, 5) is 21.9. The van der Waals surface area contributed by atoms with Crippen LogP contribution in [0.3, 0.4) is 0 Å². The fraction of sp³-hybridized carbons (Fsp3) is 0.556. The number of hydrogen-bond donors (Lipinski definition) is 1. The van der Waals surface area contributed by atoms with Crippen molar-refractivity contribution in [1.82, 2.24) is 0 Å². The van der Waals surface area contributed by atoms with Crippen LogP contribution in [-0.4, -0.2) is 24.2 Å². The lowest BCUT2D eigenvalue weighted by Crippen LogP contribution is -2.24. The number of carbonyl (C=O) groups is 2. The molecule has 0 aliphatic heterocycles. The van der Waals surface area contributed by atoms with E-state index in [4.69, 9.17) is 5.11 Å². The monoisotopic (exact) mass is 184 g/mol. The molecule has 72 valence electrons. The molecule has 0 saturated heterocycles. The van der Waals surface area contributed by atoms with Crippen molar-refractivity contribution in [2.45, 2.75) is 19.3 Å². The number of esters is 1. The normalized spacial score (nSPS) is 21.9. The third-order valence-electron chi connectivity index (χ3n) is 2.16. The summed E-state index contributed by atoms with van der Waals surface area (Å²) in [6, 6.07) is 0. The lowest BCUT2D eigenvalue weighted by Gasteiger charge is -2.18. The number of carboxylic acid groups (broad SMARTS) is 1. The van der Waals surface area contributed by atoms with Crippen molar-refractivity contribution >= 4 is 11.9 Å². The molecule has 0 saturated carbocycles. The first-order valence-corrected chi connectivity index (χ1v) is 4.18. The highest BCUT2D eigenvalue weighted by Gasteiger charge is 2.29. The Morgan fingerprint density at radius 3 is 2.85 bits per heavy atom. The van der Waals surface area contributed by atoms with Crippen molar-refractivity contribution < 1.29 is 19.4 Å². The van der Waals surface area contributed by atoms with Gasteiger partial charge in [-0.25, -0.2) is 4.79 Å². The first kappa shape index (κ1) is 9.77. The standard InChI is InChI=1S/C9H12O4/c1-13-9(12)7-5-3-2-4-6(7)8(10)11/h5-6H,2-4H2,1H3,(H,10,11). The summed E-state index contributed by atoms with van der Waals surface area (Å²) in [5.74, 6) is -2.15. The van der Waals surface area contributed by atoms with Crippen LogP contribution >= 0.6 is 0 Å². The largest absolute Gasteiger partial charge is 0.481 e. The number of carboxylic acids is 1. The second kappa shape index (κ2) is 4.07. The molecule has 0 aromatic heterocycles. The zero-order valence-corrected chi connectivity index (χ0v) is 7.45. The predicted octanol–water partition coefficient (Wildman–Crippen LogP) is 0.970. The summed E-state index contributed by atoms with van der Waals surface area (Å²) >= 11 is 0. The van der Waals surface area contributed by atoms with E-state index in [2.05, 4.69) is 4.74 Å². The van der Waals surface area contributed by atoms with Crippen LogP contribution in [0.2, 0.25) is 0 Å². The van der Waals surface area contributed by atoms with E-state index in [-0.39, 0.29) is 0 Å². The topological polar surface area (TPSA) is 63.6 Å². The molecule has 0 spiro atoms. The zero-order chi connectivity index (χ0) is 9.84. The Labute approximate surface area is 76.2 Å². The third kappa shape index (κ3) is 2.08. The molecule has 0 fully saturated rings. The maximum Gasteiger partial charge on any atom is 0.334 e. The van der Waals surface area contributed by atoms with Crippen LogP contribution in [-0.2, 0) is 14.3 Å². The van der Waals surface area contributed by atoms with E-state index in [0.717, 1.165) is 12.8 Å². The van der Waals surface area contributed by atoms with E-state index in [1.54, 1.807) is 6.08 Å². The first-order valence-electron chi connectivity index (χ1n) is 4.18. The van der Waals surface area contributed by atoms with Gasteiger partial charge in [0.1, 0.15) is 0 Å². The van der Waals surface area contributed by atoms with Gasteiger partial charge in [-0.2, -0.15) is 0 Å². The third-order valence-corrected chi connectivity index (χ3v) is 2.16. The number of ether oxygens (including phenoxy) is 1. The van der Waals surface area contributed by atoms with Crippen LogP contribution in [0.5, 0.6) is 0 Å². The van der Waals surface area contributed by atoms with Gasteiger partial charge < -0.3 is 9.84 Å². The van der Waals surface area contributed by atoms with Crippen molar-refractivity contribution in [3.05, 3.63) is 11.6 Å². The SMILES string of the molecule is COC(=O)C1=CCCCC1C(=O)O. The molecule has 4 nitrogen and oxygen atoms in total. The van der Waals surface area contributed by atoms with E-state index in [9.17, 15) is 9.59 Å². The Bertz CT molecular complexity index is 254. The van der Waals surface area contributed by atoms with Gasteiger partial charge >= 0.3 is 11.9 Å². The van der Waals surface area contributed by atoms with Gasteiger partial charge in [0.2, 0.25) is 0 Å². The molecule has 0 radical (unpaired) electrons. The van der Waals surface area contributed by atoms with Crippen molar-refractivity contribution in [2.24, 2.45) is 5.92 Å². The van der Waals surface area contributed by atoms with Crippen molar-refractivity contribution in [3.63, 3.8) is 0 Å². The van der Waals surface area contributed by atoms with Crippen molar-refractivity contribution in [2.75, 3.05) is 7.11 Å². The summed E-state index contributed by atoms with van der Waals surface area (Å²) < 4.78 is 4.50. The second-order valence-electron chi connectivity index (χ2n) is 2.97. The van der Waals surface area contributed by atoms with Crippen LogP contribution in [0, 0.1) is 5.92 Å². The Kier molecular flexibility index (Phi) is 3.06. The molecule has 0 aromatic rings. The van der Waals surface area contributed by atoms with Gasteiger partial charge in [0.15, 0.2) is 0 Å². The molecular weight excluding hydrogens is 172 g/mol. The van der Waals surface area contributed by atoms with Gasteiger partial charge in [-0.05, 0) is 19.3 Å². The molecule has 0 heterocycles. The molecule has 0 aromatic carbocycles. The van der Waals surface area contributed by atoms with Gasteiger partial charge in [-0.15, -0.1) is 0 Å². The van der Waals surface area contributed by atoms with Gasteiger partial charge in [0, 0.05) is 5.57 Å². The molecule has 0 amide bonds. The van der Waals surface area contributed by atoms with Crippen molar-refractivity contribution in [1.29, 1.82) is 0 Å². The quantitative estimate of drug-likeness (QED) is 0.649. The summed E-state index contributed by atoms with van der Waals surface area (Å²) in [7, 11) is 1.26. The van der Waals surface area contributed by atoms with E-state index >= 15 is 0 Å². The molecule has 4 heteroatoms. The summed E-state index contributed by atoms with van der Waals surface area (Å²) in [5, 5.41) is 8.80. The maximum atomic E-state index is 11.1. The Balaban J connectivity index is 2.83. The Morgan fingerprint density at radius 2 is 2.31 bits per heavy atom. The van der Waals surface area contributed by atoms with Gasteiger partial charge in [-0.3, -0.25) is 4.79 Å². The minimum Gasteiger partial charge on any atom is -0.481 e. The van der Waals surface area contributed by atoms with Crippen LogP contribution in [0.25, 0.3) is 0 Å². The van der Waals surface area contributed by atoms with Crippen LogP contribution in [0.1, 0.15) is 19.3 Å². The molecular formula is C9H12O4. The molecule has 1 N–H and O–H groups in total. The van der Waals surface area contributed by atoms with E-state index < -0.39 is 17.9 Å². The van der Waals surface area contributed by atoms with Crippen LogP contribution in [0.4, 0.5) is 0 Å². The summed E-state index contributed by atoms with van der Waals surface area (Å²) in [6.45, 7) is 0. The lowest BCUT2D eigenvalue weighted by molar-refractivity contribution is -0.145. The maximum absolute atomic E-state index is 11.1. The molecule has 1 aliphatic rings. The van der Waals surface area contributed by atoms with E-state index in [1.165, 1.54) is 7.11 Å². The number of rotatable bonds is 2. The fourth-order valence-electron chi connectivity index (χ4n) is 1.48. The molecule has 1 atom stereocenters. The zero-order valence-electron chi connectivity index (χ0n) is 7.45. The minimum atomic E-state index is -0.948. The van der Waals surface area contributed by atoms with Crippen molar-refractivity contribution in [3.8, 4) is 0 Å². The number of hydrogen-bond acceptors (Lipinski definition) is 3. The lowest BCUT2D eigenvalue weighted by atomic mass is 9.88. The summed E-state index contributed by atoms with van der Waals surface area (Å²) in [5.41, 5.74) is 0.293. The van der Waals surface area contributed by atoms with E-state index in [0.29, 0.717) is 12.0 Å².